The smallest absolute Gasteiger partial charge is 0.317 e. The Bertz CT molecular complexity index is 687. The zero-order valence-electron chi connectivity index (χ0n) is 13.1. The standard InChI is InChI=1S/C15H21FN2O4S/c1-3-18(9-15(19)20)12-7-11(8-12)17-23(21,22)14-5-4-10(2)6-13(14)16/h4-6,11-12,17H,3,7-9H2,1-2H3,(H,19,20). The van der Waals surface area contributed by atoms with Gasteiger partial charge in [0.05, 0.1) is 6.54 Å². The minimum atomic E-state index is -3.91. The Morgan fingerprint density at radius 2 is 2.09 bits per heavy atom. The summed E-state index contributed by atoms with van der Waals surface area (Å²) in [4.78, 5) is 12.2. The van der Waals surface area contributed by atoms with Crippen molar-refractivity contribution in [2.75, 3.05) is 13.1 Å². The topological polar surface area (TPSA) is 86.7 Å². The number of likely N-dealkylation sites (N-methyl/N-ethyl adjacent to an activating group) is 1. The lowest BCUT2D eigenvalue weighted by atomic mass is 9.86. The van der Waals surface area contributed by atoms with Gasteiger partial charge in [0.2, 0.25) is 10.0 Å². The van der Waals surface area contributed by atoms with Crippen LogP contribution >= 0.6 is 0 Å². The van der Waals surface area contributed by atoms with Gasteiger partial charge < -0.3 is 5.11 Å². The van der Waals surface area contributed by atoms with E-state index < -0.39 is 21.8 Å². The molecule has 0 bridgehead atoms. The summed E-state index contributed by atoms with van der Waals surface area (Å²) in [7, 11) is -3.91. The Morgan fingerprint density at radius 3 is 2.61 bits per heavy atom. The number of benzene rings is 1. The Kier molecular flexibility index (Phi) is 5.38. The van der Waals surface area contributed by atoms with Gasteiger partial charge in [0.1, 0.15) is 10.7 Å². The van der Waals surface area contributed by atoms with Crippen molar-refractivity contribution in [1.29, 1.82) is 0 Å². The van der Waals surface area contributed by atoms with E-state index in [0.29, 0.717) is 24.9 Å². The molecule has 0 saturated heterocycles. The van der Waals surface area contributed by atoms with Crippen LogP contribution < -0.4 is 4.72 Å². The first-order valence-electron chi connectivity index (χ1n) is 7.47. The number of nitrogens with zero attached hydrogens (tertiary/aromatic N) is 1. The van der Waals surface area contributed by atoms with E-state index in [4.69, 9.17) is 5.11 Å². The van der Waals surface area contributed by atoms with Crippen LogP contribution in [0.2, 0.25) is 0 Å². The summed E-state index contributed by atoms with van der Waals surface area (Å²) < 4.78 is 40.8. The number of hydrogen-bond acceptors (Lipinski definition) is 4. The molecule has 0 aromatic heterocycles. The van der Waals surface area contributed by atoms with E-state index in [2.05, 4.69) is 4.72 Å². The summed E-state index contributed by atoms with van der Waals surface area (Å²) in [6, 6.07) is 3.73. The highest BCUT2D eigenvalue weighted by atomic mass is 32.2. The number of halogens is 1. The van der Waals surface area contributed by atoms with Gasteiger partial charge in [-0.3, -0.25) is 9.69 Å². The summed E-state index contributed by atoms with van der Waals surface area (Å²) in [5.74, 6) is -1.67. The fraction of sp³-hybridized carbons (Fsp3) is 0.533. The average Bonchev–Trinajstić information content (AvgIpc) is 2.39. The lowest BCUT2D eigenvalue weighted by Gasteiger charge is -2.42. The van der Waals surface area contributed by atoms with Crippen LogP contribution in [0.1, 0.15) is 25.3 Å². The quantitative estimate of drug-likeness (QED) is 0.780. The predicted molar refractivity (Wildman–Crippen MR) is 83.2 cm³/mol. The van der Waals surface area contributed by atoms with Gasteiger partial charge in [0.15, 0.2) is 0 Å². The highest BCUT2D eigenvalue weighted by molar-refractivity contribution is 7.89. The van der Waals surface area contributed by atoms with E-state index in [-0.39, 0.29) is 23.5 Å². The maximum Gasteiger partial charge on any atom is 0.317 e. The minimum absolute atomic E-state index is 0.0339. The van der Waals surface area contributed by atoms with Gasteiger partial charge in [-0.2, -0.15) is 0 Å². The number of carboxylic acid groups (broad SMARTS) is 1. The lowest BCUT2D eigenvalue weighted by Crippen LogP contribution is -2.54. The predicted octanol–water partition coefficient (Wildman–Crippen LogP) is 1.35. The largest absolute Gasteiger partial charge is 0.480 e. The second-order valence-corrected chi connectivity index (χ2v) is 7.52. The molecule has 1 aromatic rings. The zero-order valence-corrected chi connectivity index (χ0v) is 13.9. The molecule has 1 fully saturated rings. The van der Waals surface area contributed by atoms with Crippen LogP contribution in [0, 0.1) is 12.7 Å². The number of carboxylic acids is 1. The maximum absolute atomic E-state index is 13.8. The monoisotopic (exact) mass is 344 g/mol. The van der Waals surface area contributed by atoms with Gasteiger partial charge in [0, 0.05) is 12.1 Å². The van der Waals surface area contributed by atoms with Crippen LogP contribution in [-0.2, 0) is 14.8 Å². The van der Waals surface area contributed by atoms with Crippen LogP contribution in [0.5, 0.6) is 0 Å². The number of sulfonamides is 1. The van der Waals surface area contributed by atoms with Gasteiger partial charge in [-0.05, 0) is 44.0 Å². The molecule has 1 aromatic carbocycles. The van der Waals surface area contributed by atoms with Crippen LogP contribution in [0.25, 0.3) is 0 Å². The Morgan fingerprint density at radius 1 is 1.43 bits per heavy atom. The van der Waals surface area contributed by atoms with E-state index in [1.165, 1.54) is 12.1 Å². The fourth-order valence-electron chi connectivity index (χ4n) is 2.76. The van der Waals surface area contributed by atoms with Gasteiger partial charge >= 0.3 is 5.97 Å². The summed E-state index contributed by atoms with van der Waals surface area (Å²) in [5.41, 5.74) is 0.650. The third-order valence-corrected chi connectivity index (χ3v) is 5.63. The Labute approximate surface area is 135 Å². The molecule has 0 unspecified atom stereocenters. The number of rotatable bonds is 7. The number of aryl methyl sites for hydroxylation is 1. The normalized spacial score (nSPS) is 21.2. The molecular weight excluding hydrogens is 323 g/mol. The molecular formula is C15H21FN2O4S. The third kappa shape index (κ3) is 4.27. The van der Waals surface area contributed by atoms with Crippen molar-refractivity contribution in [3.63, 3.8) is 0 Å². The van der Waals surface area contributed by atoms with Crippen LogP contribution in [0.15, 0.2) is 23.1 Å². The van der Waals surface area contributed by atoms with Crippen molar-refractivity contribution in [3.05, 3.63) is 29.6 Å². The highest BCUT2D eigenvalue weighted by Gasteiger charge is 2.36. The number of carbonyl (C=O) groups is 1. The van der Waals surface area contributed by atoms with Crippen molar-refractivity contribution in [2.24, 2.45) is 0 Å². The van der Waals surface area contributed by atoms with Gasteiger partial charge in [-0.25, -0.2) is 17.5 Å². The molecule has 0 aliphatic heterocycles. The Hall–Kier alpha value is -1.51. The van der Waals surface area contributed by atoms with Crippen molar-refractivity contribution in [2.45, 2.75) is 43.7 Å². The van der Waals surface area contributed by atoms with E-state index in [1.807, 2.05) is 6.92 Å². The molecule has 2 N–H and O–H groups in total. The number of hydrogen-bond donors (Lipinski definition) is 2. The SMILES string of the molecule is CCN(CC(=O)O)C1CC(NS(=O)(=O)c2ccc(C)cc2F)C1. The minimum Gasteiger partial charge on any atom is -0.480 e. The van der Waals surface area contributed by atoms with Gasteiger partial charge in [-0.15, -0.1) is 0 Å². The van der Waals surface area contributed by atoms with Crippen LogP contribution in [-0.4, -0.2) is 49.6 Å². The van der Waals surface area contributed by atoms with Gasteiger partial charge in [0.25, 0.3) is 0 Å². The molecule has 2 rings (SSSR count). The first kappa shape index (κ1) is 17.8. The first-order chi connectivity index (χ1) is 10.7. The molecule has 0 atom stereocenters. The zero-order chi connectivity index (χ0) is 17.2. The van der Waals surface area contributed by atoms with E-state index in [9.17, 15) is 17.6 Å². The molecule has 128 valence electrons. The van der Waals surface area contributed by atoms with Crippen LogP contribution in [0.4, 0.5) is 4.39 Å². The summed E-state index contributed by atoms with van der Waals surface area (Å²) in [6.07, 6.45) is 1.04. The third-order valence-electron chi connectivity index (χ3n) is 4.07. The Balaban J connectivity index is 1.97. The molecule has 6 nitrogen and oxygen atoms in total. The van der Waals surface area contributed by atoms with E-state index in [0.717, 1.165) is 0 Å². The second-order valence-electron chi connectivity index (χ2n) is 5.83. The highest BCUT2D eigenvalue weighted by Crippen LogP contribution is 2.27. The molecule has 1 saturated carbocycles. The van der Waals surface area contributed by atoms with Crippen molar-refractivity contribution >= 4 is 16.0 Å². The summed E-state index contributed by atoms with van der Waals surface area (Å²) in [6.45, 7) is 4.07. The molecule has 0 radical (unpaired) electrons. The lowest BCUT2D eigenvalue weighted by molar-refractivity contribution is -0.139. The number of nitrogens with one attached hydrogen (secondary N) is 1. The average molecular weight is 344 g/mol. The molecule has 1 aliphatic carbocycles. The summed E-state index contributed by atoms with van der Waals surface area (Å²) >= 11 is 0. The van der Waals surface area contributed by atoms with Crippen molar-refractivity contribution in [3.8, 4) is 0 Å². The maximum atomic E-state index is 13.8. The molecule has 0 heterocycles. The molecule has 1 aliphatic rings. The number of aliphatic carboxylic acids is 1. The van der Waals surface area contributed by atoms with Crippen LogP contribution in [0.3, 0.4) is 0 Å². The van der Waals surface area contributed by atoms with E-state index in [1.54, 1.807) is 17.9 Å². The molecule has 23 heavy (non-hydrogen) atoms. The van der Waals surface area contributed by atoms with Crippen molar-refractivity contribution < 1.29 is 22.7 Å². The summed E-state index contributed by atoms with van der Waals surface area (Å²) in [5, 5.41) is 8.84. The molecule has 0 amide bonds. The fourth-order valence-corrected chi connectivity index (χ4v) is 4.08. The molecule has 8 heteroatoms. The van der Waals surface area contributed by atoms with Crippen molar-refractivity contribution in [1.82, 2.24) is 9.62 Å². The molecule has 0 spiro atoms. The van der Waals surface area contributed by atoms with E-state index >= 15 is 0 Å². The van der Waals surface area contributed by atoms with Gasteiger partial charge in [-0.1, -0.05) is 13.0 Å². The second kappa shape index (κ2) is 6.94. The first-order valence-corrected chi connectivity index (χ1v) is 8.95.